The molecule has 6 aliphatic heterocycles. The Morgan fingerprint density at radius 1 is 0.489 bits per heavy atom. The van der Waals surface area contributed by atoms with Crippen molar-refractivity contribution >= 4 is 5.97 Å². The van der Waals surface area contributed by atoms with Crippen molar-refractivity contribution in [2.24, 2.45) is 50.2 Å². The van der Waals surface area contributed by atoms with Crippen LogP contribution in [0.25, 0.3) is 0 Å². The number of allylic oxidation sites excluding steroid dienone is 2. The lowest BCUT2D eigenvalue weighted by atomic mass is 9.33. The quantitative estimate of drug-likeness (QED) is 0.0447. The normalized spacial score (nSPS) is 55.0. The molecular formula is C64H104O30. The van der Waals surface area contributed by atoms with E-state index in [2.05, 4.69) is 54.5 Å². The van der Waals surface area contributed by atoms with Crippen molar-refractivity contribution in [2.45, 2.75) is 304 Å². The maximum absolute atomic E-state index is 15.5. The fourth-order valence-electron chi connectivity index (χ4n) is 18.9. The van der Waals surface area contributed by atoms with Crippen LogP contribution < -0.4 is 0 Å². The molecule has 10 fully saturated rings. The lowest BCUT2D eigenvalue weighted by Gasteiger charge is -2.72. The molecular weight excluding hydrogens is 1250 g/mol. The molecule has 11 aliphatic rings. The average Bonchev–Trinajstić information content (AvgIpc) is 0.672. The number of fused-ring (bicyclic) bond motifs is 7. The van der Waals surface area contributed by atoms with Crippen molar-refractivity contribution in [1.29, 1.82) is 0 Å². The molecule has 0 bridgehead atoms. The highest BCUT2D eigenvalue weighted by Crippen LogP contribution is 2.76. The third-order valence-corrected chi connectivity index (χ3v) is 24.8. The van der Waals surface area contributed by atoms with Crippen LogP contribution in [0, 0.1) is 50.2 Å². The first-order valence-electron chi connectivity index (χ1n) is 33.5. The molecule has 0 aromatic carbocycles. The van der Waals surface area contributed by atoms with Gasteiger partial charge in [-0.2, -0.15) is 0 Å². The largest absolute Gasteiger partial charge is 0.432 e. The van der Waals surface area contributed by atoms with Gasteiger partial charge in [-0.25, -0.2) is 0 Å². The number of aliphatic hydroxyl groups excluding tert-OH is 17. The van der Waals surface area contributed by atoms with Crippen molar-refractivity contribution in [2.75, 3.05) is 26.4 Å². The van der Waals surface area contributed by atoms with Gasteiger partial charge in [0.25, 0.3) is 0 Å². The van der Waals surface area contributed by atoms with Crippen LogP contribution in [0.3, 0.4) is 0 Å². The summed E-state index contributed by atoms with van der Waals surface area (Å²) in [6, 6.07) is 0. The van der Waals surface area contributed by atoms with Gasteiger partial charge in [0.05, 0.1) is 50.8 Å². The average molecular weight is 1350 g/mol. The molecule has 6 saturated heterocycles. The maximum atomic E-state index is 15.5. The van der Waals surface area contributed by atoms with Crippen molar-refractivity contribution < 1.29 is 148 Å². The molecule has 0 radical (unpaired) electrons. The molecule has 11 rings (SSSR count). The lowest BCUT2D eigenvalue weighted by Crippen LogP contribution is -2.69. The summed E-state index contributed by atoms with van der Waals surface area (Å²) < 4.78 is 72.5. The van der Waals surface area contributed by atoms with E-state index in [0.29, 0.717) is 44.9 Å². The van der Waals surface area contributed by atoms with Crippen LogP contribution in [0.15, 0.2) is 11.6 Å². The molecule has 94 heavy (non-hydrogen) atoms. The number of carbonyl (C=O) groups is 1. The van der Waals surface area contributed by atoms with E-state index in [1.807, 2.05) is 0 Å². The van der Waals surface area contributed by atoms with Crippen molar-refractivity contribution in [3.8, 4) is 0 Å². The molecule has 5 aliphatic carbocycles. The Balaban J connectivity index is 0.819. The van der Waals surface area contributed by atoms with Crippen LogP contribution >= 0.6 is 0 Å². The molecule has 0 aromatic rings. The number of carbonyl (C=O) groups excluding carboxylic acids is 1. The molecule has 0 spiro atoms. The molecule has 30 heteroatoms. The summed E-state index contributed by atoms with van der Waals surface area (Å²) in [6.07, 6.45) is -40.6. The first-order chi connectivity index (χ1) is 44.0. The molecule has 0 aromatic heterocycles. The summed E-state index contributed by atoms with van der Waals surface area (Å²) in [4.78, 5) is 15.5. The van der Waals surface area contributed by atoms with Crippen LogP contribution in [0.1, 0.15) is 120 Å². The zero-order chi connectivity index (χ0) is 68.6. The number of ether oxygens (including phenoxy) is 12. The van der Waals surface area contributed by atoms with Gasteiger partial charge in [0, 0.05) is 0 Å². The molecule has 30 nitrogen and oxygen atoms in total. The van der Waals surface area contributed by atoms with Gasteiger partial charge in [0.15, 0.2) is 37.6 Å². The van der Waals surface area contributed by atoms with E-state index in [9.17, 15) is 86.8 Å². The van der Waals surface area contributed by atoms with Crippen LogP contribution in [-0.2, 0) is 61.6 Å². The summed E-state index contributed by atoms with van der Waals surface area (Å²) >= 11 is 0. The first kappa shape index (κ1) is 73.3. The van der Waals surface area contributed by atoms with E-state index < -0.39 is 244 Å². The maximum Gasteiger partial charge on any atom is 0.317 e. The number of rotatable bonds is 14. The highest BCUT2D eigenvalue weighted by atomic mass is 16.8. The van der Waals surface area contributed by atoms with Gasteiger partial charge in [0.1, 0.15) is 121 Å². The second-order valence-corrected chi connectivity index (χ2v) is 31.1. The Morgan fingerprint density at radius 2 is 1.03 bits per heavy atom. The first-order valence-corrected chi connectivity index (χ1v) is 33.5. The lowest BCUT2D eigenvalue weighted by molar-refractivity contribution is -0.391. The zero-order valence-electron chi connectivity index (χ0n) is 54.7. The Hall–Kier alpha value is -1.91. The standard InChI is InChI=1S/C64H104O30/c1-24-36(70)40(74)44(78)53(85-24)93-51-47(81)49(91-52-43(77)37(71)28(67)22-83-52)31(21-66)88-57(51)89-35-13-14-61(7)32(60(35,5)6)12-15-62(8)33(61)11-10-26-27-18-59(3,4)16-17-64(27,34(69)19-63(26,62)9)58(82)94-56-50(38(72)29(68)23-84-56)92-54-46(80)42(76)48(25(2)86-54)90-55-45(79)41(75)39(73)30(20-65)87-55/h10,24-25,27-57,65-81H,11-23H2,1-9H3/t24-,25-,27-,28+,29-,30+,31+,32-,33+,34+,35?,36-,37-,38-,39+,40+,41-,42-,43+,44+,45+,46+,47-,48-,49+,50+,51+,52-,53-,54-,55-,56-,57-,61-,62+,63+,64+/m0/s1. The van der Waals surface area contributed by atoms with Crippen LogP contribution in [0.4, 0.5) is 0 Å². The summed E-state index contributed by atoms with van der Waals surface area (Å²) in [6.45, 7) is 15.7. The van der Waals surface area contributed by atoms with Crippen LogP contribution in [-0.4, -0.2) is 303 Å². The van der Waals surface area contributed by atoms with Crippen molar-refractivity contribution in [3.63, 3.8) is 0 Å². The number of esters is 1. The number of hydrogen-bond acceptors (Lipinski definition) is 30. The predicted molar refractivity (Wildman–Crippen MR) is 315 cm³/mol. The Labute approximate surface area is 545 Å². The number of hydrogen-bond donors (Lipinski definition) is 17. The predicted octanol–water partition coefficient (Wildman–Crippen LogP) is -4.08. The molecule has 1 unspecified atom stereocenters. The topological polar surface area (TPSA) is 472 Å². The monoisotopic (exact) mass is 1350 g/mol. The molecule has 37 atom stereocenters. The van der Waals surface area contributed by atoms with E-state index in [4.69, 9.17) is 56.8 Å². The summed E-state index contributed by atoms with van der Waals surface area (Å²) in [5, 5.41) is 186. The minimum Gasteiger partial charge on any atom is -0.432 e. The number of aliphatic hydroxyl groups is 17. The molecule has 540 valence electrons. The summed E-state index contributed by atoms with van der Waals surface area (Å²) in [7, 11) is 0. The third kappa shape index (κ3) is 12.3. The molecule has 4 saturated carbocycles. The van der Waals surface area contributed by atoms with E-state index >= 15 is 4.79 Å². The van der Waals surface area contributed by atoms with Gasteiger partial charge >= 0.3 is 5.97 Å². The highest BCUT2D eigenvalue weighted by Gasteiger charge is 2.72. The SMILES string of the molecule is C[C@@H]1O[C@@H](O[C@H]2[C@H](OC3CC[C@]4(C)[C@H]5CC=C6[C@@H]7CC(C)(C)CC[C@]7(C(=O)O[C@@H]7OC[C@H](O)[C@H](O)[C@H]7O[C@@H]7O[C@@H](C)[C@H](O[C@@H]8O[C@H](CO)[C@@H](O)[C@H](O)[C@H]8O)[C@@H](O)[C@H]7O)[C@H](O)C[C@@]6(C)[C@]5(C)CC[C@H]4C3(C)C)O[C@H](CO)[C@@H](O[C@@H]3OC[C@@H](O)[C@H](O)[C@H]3O)[C@@H]2O)[C@H](O)[C@H](O)[C@H]1O. The Kier molecular flexibility index (Phi) is 21.2. The van der Waals surface area contributed by atoms with Crippen molar-refractivity contribution in [3.05, 3.63) is 11.6 Å². The van der Waals surface area contributed by atoms with E-state index in [0.717, 1.165) is 5.57 Å². The van der Waals surface area contributed by atoms with Gasteiger partial charge in [-0.05, 0) is 116 Å². The molecule has 17 N–H and O–H groups in total. The van der Waals surface area contributed by atoms with E-state index in [1.165, 1.54) is 13.8 Å². The van der Waals surface area contributed by atoms with Gasteiger partial charge < -0.3 is 144 Å². The fourth-order valence-corrected chi connectivity index (χ4v) is 18.9. The smallest absolute Gasteiger partial charge is 0.317 e. The second-order valence-electron chi connectivity index (χ2n) is 31.1. The van der Waals surface area contributed by atoms with E-state index in [1.54, 1.807) is 0 Å². The van der Waals surface area contributed by atoms with E-state index in [-0.39, 0.29) is 35.5 Å². The second kappa shape index (κ2) is 27.1. The van der Waals surface area contributed by atoms with Crippen LogP contribution in [0.5, 0.6) is 0 Å². The van der Waals surface area contributed by atoms with Gasteiger partial charge in [0.2, 0.25) is 6.29 Å². The summed E-state index contributed by atoms with van der Waals surface area (Å²) in [5.74, 6) is -1.36. The zero-order valence-corrected chi connectivity index (χ0v) is 54.7. The highest BCUT2D eigenvalue weighted by molar-refractivity contribution is 5.80. The van der Waals surface area contributed by atoms with Gasteiger partial charge in [-0.1, -0.05) is 60.1 Å². The minimum absolute atomic E-state index is 0.0192. The Morgan fingerprint density at radius 3 is 1.68 bits per heavy atom. The molecule has 6 heterocycles. The van der Waals surface area contributed by atoms with Gasteiger partial charge in [-0.3, -0.25) is 4.79 Å². The third-order valence-electron chi connectivity index (χ3n) is 24.8. The van der Waals surface area contributed by atoms with Crippen LogP contribution in [0.2, 0.25) is 0 Å². The van der Waals surface area contributed by atoms with Crippen molar-refractivity contribution in [1.82, 2.24) is 0 Å². The van der Waals surface area contributed by atoms with Gasteiger partial charge in [-0.15, -0.1) is 0 Å². The Bertz CT molecular complexity index is 2660. The summed E-state index contributed by atoms with van der Waals surface area (Å²) in [5.41, 5.74) is -2.96. The minimum atomic E-state index is -1.96. The molecule has 0 amide bonds. The fraction of sp³-hybridized carbons (Fsp3) is 0.953.